The van der Waals surface area contributed by atoms with Crippen LogP contribution >= 0.6 is 11.8 Å². The van der Waals surface area contributed by atoms with Crippen LogP contribution in [0.5, 0.6) is 0 Å². The molecule has 0 saturated carbocycles. The fourth-order valence-electron chi connectivity index (χ4n) is 2.38. The zero-order valence-electron chi connectivity index (χ0n) is 13.6. The maximum absolute atomic E-state index is 11.8. The molecule has 0 aromatic heterocycles. The molecule has 1 aromatic rings. The highest BCUT2D eigenvalue weighted by atomic mass is 32.2. The van der Waals surface area contributed by atoms with Gasteiger partial charge in [0, 0.05) is 37.5 Å². The third kappa shape index (κ3) is 6.86. The Morgan fingerprint density at radius 3 is 2.67 bits per heavy atom. The molecule has 1 aromatic carbocycles. The van der Waals surface area contributed by atoms with Gasteiger partial charge in [0.2, 0.25) is 5.91 Å². The van der Waals surface area contributed by atoms with Crippen molar-refractivity contribution in [2.45, 2.75) is 12.2 Å². The van der Waals surface area contributed by atoms with Crippen LogP contribution in [0.25, 0.3) is 0 Å². The second-order valence-corrected chi connectivity index (χ2v) is 6.56. The first kappa shape index (κ1) is 18.7. The van der Waals surface area contributed by atoms with Gasteiger partial charge in [0.25, 0.3) is 5.69 Å². The molecule has 8 heteroatoms. The zero-order chi connectivity index (χ0) is 17.2. The van der Waals surface area contributed by atoms with E-state index in [9.17, 15) is 14.9 Å². The molecule has 24 heavy (non-hydrogen) atoms. The molecular formula is C16H23N3O4S. The van der Waals surface area contributed by atoms with Crippen LogP contribution in [-0.4, -0.2) is 60.9 Å². The number of thioether (sulfide) groups is 1. The standard InChI is InChI=1S/C16H23N3O4S/c20-16(17-6-1-7-18-8-10-23-11-9-18)13-24-12-14-2-4-15(5-3-14)19(21)22/h2-5H,1,6-13H2,(H,17,20). The van der Waals surface area contributed by atoms with Crippen LogP contribution in [0.1, 0.15) is 12.0 Å². The summed E-state index contributed by atoms with van der Waals surface area (Å²) in [5.74, 6) is 1.09. The van der Waals surface area contributed by atoms with Gasteiger partial charge in [-0.3, -0.25) is 19.8 Å². The van der Waals surface area contributed by atoms with E-state index < -0.39 is 4.92 Å². The Hall–Kier alpha value is -1.64. The number of morpholine rings is 1. The minimum Gasteiger partial charge on any atom is -0.379 e. The highest BCUT2D eigenvalue weighted by molar-refractivity contribution is 7.99. The summed E-state index contributed by atoms with van der Waals surface area (Å²) in [6, 6.07) is 6.43. The van der Waals surface area contributed by atoms with Crippen LogP contribution in [0.3, 0.4) is 0 Å². The molecule has 1 heterocycles. The molecule has 1 aliphatic rings. The molecule has 1 N–H and O–H groups in total. The fourth-order valence-corrected chi connectivity index (χ4v) is 3.20. The maximum atomic E-state index is 11.8. The summed E-state index contributed by atoms with van der Waals surface area (Å²) >= 11 is 1.51. The van der Waals surface area contributed by atoms with Crippen molar-refractivity contribution < 1.29 is 14.5 Å². The summed E-state index contributed by atoms with van der Waals surface area (Å²) in [6.45, 7) is 5.21. The van der Waals surface area contributed by atoms with Crippen molar-refractivity contribution in [1.29, 1.82) is 0 Å². The van der Waals surface area contributed by atoms with E-state index in [1.807, 2.05) is 0 Å². The van der Waals surface area contributed by atoms with Gasteiger partial charge in [-0.05, 0) is 18.5 Å². The van der Waals surface area contributed by atoms with Crippen molar-refractivity contribution in [3.8, 4) is 0 Å². The Kier molecular flexibility index (Phi) is 8.00. The van der Waals surface area contributed by atoms with Crippen LogP contribution in [0, 0.1) is 10.1 Å². The minimum absolute atomic E-state index is 0.0314. The van der Waals surface area contributed by atoms with E-state index >= 15 is 0 Å². The van der Waals surface area contributed by atoms with Gasteiger partial charge in [0.1, 0.15) is 0 Å². The average molecular weight is 353 g/mol. The van der Waals surface area contributed by atoms with Gasteiger partial charge < -0.3 is 10.1 Å². The number of ether oxygens (including phenoxy) is 1. The maximum Gasteiger partial charge on any atom is 0.269 e. The van der Waals surface area contributed by atoms with Crippen molar-refractivity contribution in [3.05, 3.63) is 39.9 Å². The summed E-state index contributed by atoms with van der Waals surface area (Å²) in [6.07, 6.45) is 0.943. The molecule has 2 rings (SSSR count). The Morgan fingerprint density at radius 2 is 2.00 bits per heavy atom. The number of amides is 1. The molecule has 1 fully saturated rings. The molecule has 0 radical (unpaired) electrons. The molecule has 1 saturated heterocycles. The number of non-ortho nitro benzene ring substituents is 1. The zero-order valence-corrected chi connectivity index (χ0v) is 14.4. The van der Waals surface area contributed by atoms with Crippen LogP contribution in [0.15, 0.2) is 24.3 Å². The van der Waals surface area contributed by atoms with Gasteiger partial charge in [-0.2, -0.15) is 0 Å². The number of hydrogen-bond donors (Lipinski definition) is 1. The molecule has 0 aliphatic carbocycles. The lowest BCUT2D eigenvalue weighted by molar-refractivity contribution is -0.384. The summed E-state index contributed by atoms with van der Waals surface area (Å²) in [7, 11) is 0. The lowest BCUT2D eigenvalue weighted by Gasteiger charge is -2.26. The first-order chi connectivity index (χ1) is 11.6. The van der Waals surface area contributed by atoms with Crippen molar-refractivity contribution in [3.63, 3.8) is 0 Å². The number of nitrogens with zero attached hydrogens (tertiary/aromatic N) is 2. The van der Waals surface area contributed by atoms with Crippen molar-refractivity contribution >= 4 is 23.4 Å². The molecule has 0 bridgehead atoms. The van der Waals surface area contributed by atoms with Gasteiger partial charge in [0.05, 0.1) is 23.9 Å². The number of nitro benzene ring substituents is 1. The van der Waals surface area contributed by atoms with Crippen LogP contribution in [-0.2, 0) is 15.3 Å². The summed E-state index contributed by atoms with van der Waals surface area (Å²) in [5, 5.41) is 13.5. The van der Waals surface area contributed by atoms with E-state index in [1.165, 1.54) is 23.9 Å². The number of rotatable bonds is 9. The summed E-state index contributed by atoms with van der Waals surface area (Å²) in [5.41, 5.74) is 1.06. The van der Waals surface area contributed by atoms with E-state index in [4.69, 9.17) is 4.74 Å². The number of hydrogen-bond acceptors (Lipinski definition) is 6. The second-order valence-electron chi connectivity index (χ2n) is 5.57. The second kappa shape index (κ2) is 10.3. The van der Waals surface area contributed by atoms with Gasteiger partial charge >= 0.3 is 0 Å². The Bertz CT molecular complexity index is 533. The van der Waals surface area contributed by atoms with Crippen LogP contribution in [0.4, 0.5) is 5.69 Å². The van der Waals surface area contributed by atoms with Crippen molar-refractivity contribution in [1.82, 2.24) is 10.2 Å². The number of carbonyl (C=O) groups excluding carboxylic acids is 1. The normalized spacial score (nSPS) is 15.2. The monoisotopic (exact) mass is 353 g/mol. The number of benzene rings is 1. The molecule has 132 valence electrons. The van der Waals surface area contributed by atoms with E-state index in [2.05, 4.69) is 10.2 Å². The van der Waals surface area contributed by atoms with E-state index in [0.29, 0.717) is 18.1 Å². The SMILES string of the molecule is O=C(CSCc1ccc([N+](=O)[O-])cc1)NCCCN1CCOCC1. The van der Waals surface area contributed by atoms with Gasteiger partial charge in [-0.15, -0.1) is 11.8 Å². The minimum atomic E-state index is -0.415. The van der Waals surface area contributed by atoms with E-state index in [0.717, 1.165) is 44.8 Å². The largest absolute Gasteiger partial charge is 0.379 e. The van der Waals surface area contributed by atoms with Crippen LogP contribution in [0.2, 0.25) is 0 Å². The third-order valence-electron chi connectivity index (χ3n) is 3.73. The molecule has 1 aliphatic heterocycles. The number of nitrogens with one attached hydrogen (secondary N) is 1. The Balaban J connectivity index is 1.53. The van der Waals surface area contributed by atoms with Gasteiger partial charge in [-0.1, -0.05) is 12.1 Å². The summed E-state index contributed by atoms with van der Waals surface area (Å²) in [4.78, 5) is 24.3. The van der Waals surface area contributed by atoms with Crippen molar-refractivity contribution in [2.75, 3.05) is 45.1 Å². The highest BCUT2D eigenvalue weighted by Gasteiger charge is 2.09. The molecule has 0 spiro atoms. The quantitative estimate of drug-likeness (QED) is 0.413. The molecule has 0 atom stereocenters. The molecule has 0 unspecified atom stereocenters. The first-order valence-corrected chi connectivity index (χ1v) is 9.18. The average Bonchev–Trinajstić information content (AvgIpc) is 2.60. The fraction of sp³-hybridized carbons (Fsp3) is 0.562. The first-order valence-electron chi connectivity index (χ1n) is 8.03. The van der Waals surface area contributed by atoms with E-state index in [-0.39, 0.29) is 11.6 Å². The number of carbonyl (C=O) groups is 1. The lowest BCUT2D eigenvalue weighted by Crippen LogP contribution is -2.38. The highest BCUT2D eigenvalue weighted by Crippen LogP contribution is 2.16. The topological polar surface area (TPSA) is 84.7 Å². The predicted octanol–water partition coefficient (Wildman–Crippen LogP) is 1.67. The molecule has 1 amide bonds. The molecule has 7 nitrogen and oxygen atoms in total. The number of nitro groups is 1. The predicted molar refractivity (Wildman–Crippen MR) is 94.1 cm³/mol. The smallest absolute Gasteiger partial charge is 0.269 e. The van der Waals surface area contributed by atoms with Gasteiger partial charge in [0.15, 0.2) is 0 Å². The Morgan fingerprint density at radius 1 is 1.29 bits per heavy atom. The van der Waals surface area contributed by atoms with Crippen molar-refractivity contribution in [2.24, 2.45) is 0 Å². The van der Waals surface area contributed by atoms with Gasteiger partial charge in [-0.25, -0.2) is 0 Å². The lowest BCUT2D eigenvalue weighted by atomic mass is 10.2. The molecular weight excluding hydrogens is 330 g/mol. The Labute approximate surface area is 145 Å². The van der Waals surface area contributed by atoms with E-state index in [1.54, 1.807) is 12.1 Å². The summed E-state index contributed by atoms with van der Waals surface area (Å²) < 4.78 is 5.30. The third-order valence-corrected chi connectivity index (χ3v) is 4.73. The van der Waals surface area contributed by atoms with Crippen LogP contribution < -0.4 is 5.32 Å².